The minimum absolute atomic E-state index is 0.146. The summed E-state index contributed by atoms with van der Waals surface area (Å²) in [5.74, 6) is -1.21. The van der Waals surface area contributed by atoms with Crippen molar-refractivity contribution in [3.8, 4) is 6.07 Å². The number of ketones is 1. The summed E-state index contributed by atoms with van der Waals surface area (Å²) in [4.78, 5) is 12.0. The van der Waals surface area contributed by atoms with E-state index < -0.39 is 11.7 Å². The highest BCUT2D eigenvalue weighted by Gasteiger charge is 2.24. The molecule has 0 amide bonds. The molecule has 0 N–H and O–H groups in total. The standard InChI is InChI=1S/C13H7Cl2NO2/c14-10-4-3-8(6-11(10)15)9(7-16)13(17)12-2-1-5-18-12/h1-6,9H. The smallest absolute Gasteiger partial charge is 0.219 e. The van der Waals surface area contributed by atoms with E-state index in [1.165, 1.54) is 18.4 Å². The van der Waals surface area contributed by atoms with Gasteiger partial charge in [-0.1, -0.05) is 29.3 Å². The molecule has 1 atom stereocenters. The Kier molecular flexibility index (Phi) is 3.71. The molecule has 0 fully saturated rings. The summed E-state index contributed by atoms with van der Waals surface area (Å²) in [6.45, 7) is 0. The van der Waals surface area contributed by atoms with Gasteiger partial charge in [0, 0.05) is 0 Å². The second-order valence-corrected chi connectivity index (χ2v) is 4.39. The van der Waals surface area contributed by atoms with Gasteiger partial charge in [0.2, 0.25) is 5.78 Å². The summed E-state index contributed by atoms with van der Waals surface area (Å²) in [5.41, 5.74) is 0.494. The number of halogens is 2. The average molecular weight is 280 g/mol. The third kappa shape index (κ3) is 2.40. The van der Waals surface area contributed by atoms with E-state index in [-0.39, 0.29) is 5.76 Å². The molecule has 2 aromatic rings. The molecule has 1 unspecified atom stereocenters. The Morgan fingerprint density at radius 2 is 2.06 bits per heavy atom. The van der Waals surface area contributed by atoms with Crippen LogP contribution >= 0.6 is 23.2 Å². The fraction of sp³-hybridized carbons (Fsp3) is 0.0769. The molecule has 3 nitrogen and oxygen atoms in total. The zero-order valence-electron chi connectivity index (χ0n) is 9.06. The molecule has 90 valence electrons. The number of rotatable bonds is 3. The highest BCUT2D eigenvalue weighted by molar-refractivity contribution is 6.42. The molecular weight excluding hydrogens is 273 g/mol. The Bertz CT molecular complexity index is 614. The SMILES string of the molecule is N#CC(C(=O)c1ccco1)c1ccc(Cl)c(Cl)c1. The van der Waals surface area contributed by atoms with Gasteiger partial charge in [-0.2, -0.15) is 5.26 Å². The quantitative estimate of drug-likeness (QED) is 0.796. The number of hydrogen-bond donors (Lipinski definition) is 0. The molecule has 1 aromatic carbocycles. The first-order valence-electron chi connectivity index (χ1n) is 5.05. The number of furan rings is 1. The average Bonchev–Trinajstić information content (AvgIpc) is 2.88. The van der Waals surface area contributed by atoms with Crippen LogP contribution in [-0.2, 0) is 0 Å². The van der Waals surface area contributed by atoms with Gasteiger partial charge in [-0.05, 0) is 29.8 Å². The van der Waals surface area contributed by atoms with E-state index in [1.54, 1.807) is 18.2 Å². The van der Waals surface area contributed by atoms with Crippen molar-refractivity contribution < 1.29 is 9.21 Å². The molecule has 18 heavy (non-hydrogen) atoms. The van der Waals surface area contributed by atoms with Gasteiger partial charge >= 0.3 is 0 Å². The van der Waals surface area contributed by atoms with Crippen molar-refractivity contribution in [2.75, 3.05) is 0 Å². The van der Waals surface area contributed by atoms with Crippen LogP contribution in [0.4, 0.5) is 0 Å². The van der Waals surface area contributed by atoms with Gasteiger partial charge < -0.3 is 4.42 Å². The van der Waals surface area contributed by atoms with Gasteiger partial charge in [0.15, 0.2) is 5.76 Å². The van der Waals surface area contributed by atoms with Crippen molar-refractivity contribution >= 4 is 29.0 Å². The van der Waals surface area contributed by atoms with Crippen LogP contribution in [0.1, 0.15) is 22.0 Å². The lowest BCUT2D eigenvalue weighted by molar-refractivity contribution is 0.0952. The second kappa shape index (κ2) is 5.26. The van der Waals surface area contributed by atoms with Crippen LogP contribution in [0.25, 0.3) is 0 Å². The Hall–Kier alpha value is -1.76. The first-order chi connectivity index (χ1) is 8.63. The van der Waals surface area contributed by atoms with Crippen molar-refractivity contribution in [1.82, 2.24) is 0 Å². The summed E-state index contributed by atoms with van der Waals surface area (Å²) in [6, 6.07) is 9.72. The molecule has 0 bridgehead atoms. The monoisotopic (exact) mass is 279 g/mol. The number of hydrogen-bond acceptors (Lipinski definition) is 3. The summed E-state index contributed by atoms with van der Waals surface area (Å²) in [7, 11) is 0. The van der Waals surface area contributed by atoms with Gasteiger partial charge in [-0.3, -0.25) is 4.79 Å². The lowest BCUT2D eigenvalue weighted by atomic mass is 9.95. The zero-order chi connectivity index (χ0) is 13.1. The Morgan fingerprint density at radius 3 is 2.61 bits per heavy atom. The number of carbonyl (C=O) groups excluding carboxylic acids is 1. The minimum Gasteiger partial charge on any atom is -0.461 e. The number of Topliss-reactive ketones (excluding diaryl/α,β-unsaturated/α-hetero) is 1. The van der Waals surface area contributed by atoms with E-state index in [0.717, 1.165) is 0 Å². The zero-order valence-corrected chi connectivity index (χ0v) is 10.6. The van der Waals surface area contributed by atoms with E-state index in [0.29, 0.717) is 15.6 Å². The summed E-state index contributed by atoms with van der Waals surface area (Å²) < 4.78 is 4.99. The molecule has 2 rings (SSSR count). The molecule has 5 heteroatoms. The van der Waals surface area contributed by atoms with E-state index in [2.05, 4.69) is 0 Å². The highest BCUT2D eigenvalue weighted by atomic mass is 35.5. The Morgan fingerprint density at radius 1 is 1.28 bits per heavy atom. The lowest BCUT2D eigenvalue weighted by Crippen LogP contribution is -2.10. The molecule has 0 radical (unpaired) electrons. The van der Waals surface area contributed by atoms with E-state index >= 15 is 0 Å². The number of nitrogens with zero attached hydrogens (tertiary/aromatic N) is 1. The maximum absolute atomic E-state index is 12.0. The van der Waals surface area contributed by atoms with Gasteiger partial charge in [0.1, 0.15) is 5.92 Å². The molecule has 0 aliphatic rings. The van der Waals surface area contributed by atoms with Crippen molar-refractivity contribution in [3.63, 3.8) is 0 Å². The molecule has 0 spiro atoms. The number of nitriles is 1. The van der Waals surface area contributed by atoms with Crippen LogP contribution in [0.15, 0.2) is 41.0 Å². The Balaban J connectivity index is 2.37. The third-order valence-electron chi connectivity index (χ3n) is 2.43. The molecule has 0 saturated heterocycles. The van der Waals surface area contributed by atoms with Crippen LogP contribution in [-0.4, -0.2) is 5.78 Å². The number of benzene rings is 1. The summed E-state index contributed by atoms with van der Waals surface area (Å²) >= 11 is 11.7. The van der Waals surface area contributed by atoms with Crippen LogP contribution in [0, 0.1) is 11.3 Å². The third-order valence-corrected chi connectivity index (χ3v) is 3.17. The molecule has 1 aromatic heterocycles. The fourth-order valence-corrected chi connectivity index (χ4v) is 1.84. The summed E-state index contributed by atoms with van der Waals surface area (Å²) in [6.07, 6.45) is 1.39. The minimum atomic E-state index is -0.953. The molecule has 0 aliphatic heterocycles. The summed E-state index contributed by atoms with van der Waals surface area (Å²) in [5, 5.41) is 9.80. The van der Waals surface area contributed by atoms with E-state index in [4.69, 9.17) is 32.9 Å². The van der Waals surface area contributed by atoms with Gasteiger partial charge in [0.05, 0.1) is 22.4 Å². The van der Waals surface area contributed by atoms with Crippen molar-refractivity contribution in [1.29, 1.82) is 5.26 Å². The molecule has 0 saturated carbocycles. The van der Waals surface area contributed by atoms with E-state index in [9.17, 15) is 4.79 Å². The highest BCUT2D eigenvalue weighted by Crippen LogP contribution is 2.28. The Labute approximate surface area is 114 Å². The van der Waals surface area contributed by atoms with E-state index in [1.807, 2.05) is 6.07 Å². The van der Waals surface area contributed by atoms with Crippen LogP contribution in [0.5, 0.6) is 0 Å². The molecule has 0 aliphatic carbocycles. The van der Waals surface area contributed by atoms with Crippen LogP contribution in [0.2, 0.25) is 10.0 Å². The normalized spacial score (nSPS) is 11.8. The lowest BCUT2D eigenvalue weighted by Gasteiger charge is -2.07. The first kappa shape index (κ1) is 12.7. The first-order valence-corrected chi connectivity index (χ1v) is 5.81. The topological polar surface area (TPSA) is 54.0 Å². The van der Waals surface area contributed by atoms with Crippen molar-refractivity contribution in [2.24, 2.45) is 0 Å². The largest absolute Gasteiger partial charge is 0.461 e. The van der Waals surface area contributed by atoms with Gasteiger partial charge in [-0.25, -0.2) is 0 Å². The number of carbonyl (C=O) groups is 1. The predicted molar refractivity (Wildman–Crippen MR) is 67.9 cm³/mol. The van der Waals surface area contributed by atoms with Crippen LogP contribution in [0.3, 0.4) is 0 Å². The fourth-order valence-electron chi connectivity index (χ4n) is 1.54. The maximum atomic E-state index is 12.0. The van der Waals surface area contributed by atoms with Gasteiger partial charge in [0.25, 0.3) is 0 Å². The predicted octanol–water partition coefficient (Wildman–Crippen LogP) is 4.08. The second-order valence-electron chi connectivity index (χ2n) is 3.58. The van der Waals surface area contributed by atoms with Crippen molar-refractivity contribution in [3.05, 3.63) is 58.0 Å². The van der Waals surface area contributed by atoms with Crippen molar-refractivity contribution in [2.45, 2.75) is 5.92 Å². The molecular formula is C13H7Cl2NO2. The van der Waals surface area contributed by atoms with Gasteiger partial charge in [-0.15, -0.1) is 0 Å². The maximum Gasteiger partial charge on any atom is 0.219 e. The molecule has 1 heterocycles. The van der Waals surface area contributed by atoms with Crippen LogP contribution < -0.4 is 0 Å².